The summed E-state index contributed by atoms with van der Waals surface area (Å²) in [5.41, 5.74) is 2.93. The molecule has 0 aliphatic heterocycles. The van der Waals surface area contributed by atoms with Crippen LogP contribution in [-0.4, -0.2) is 35.1 Å². The average Bonchev–Trinajstić information content (AvgIpc) is 3.15. The number of rotatable bonds is 7. The lowest BCUT2D eigenvalue weighted by Crippen LogP contribution is -2.25. The number of aromatic nitrogens is 2. The van der Waals surface area contributed by atoms with Gasteiger partial charge in [-0.2, -0.15) is 0 Å². The Morgan fingerprint density at radius 3 is 2.83 bits per heavy atom. The lowest BCUT2D eigenvalue weighted by Gasteiger charge is -2.04. The van der Waals surface area contributed by atoms with Gasteiger partial charge in [0.05, 0.1) is 5.69 Å². The molecular formula is C18H21N3O2S. The van der Waals surface area contributed by atoms with E-state index < -0.39 is 0 Å². The van der Waals surface area contributed by atoms with Crippen molar-refractivity contribution in [2.24, 2.45) is 0 Å². The molecule has 2 aromatic heterocycles. The molecule has 24 heavy (non-hydrogen) atoms. The fourth-order valence-electron chi connectivity index (χ4n) is 2.51. The number of aryl methyl sites for hydroxylation is 1. The average molecular weight is 343 g/mol. The highest BCUT2D eigenvalue weighted by molar-refractivity contribution is 7.19. The lowest BCUT2D eigenvalue weighted by molar-refractivity contribution is 0.0947. The van der Waals surface area contributed by atoms with Gasteiger partial charge in [0.25, 0.3) is 5.91 Å². The molecule has 3 aromatic rings. The van der Waals surface area contributed by atoms with Gasteiger partial charge in [0, 0.05) is 37.2 Å². The van der Waals surface area contributed by atoms with E-state index >= 15 is 0 Å². The summed E-state index contributed by atoms with van der Waals surface area (Å²) in [6, 6.07) is 10.1. The quantitative estimate of drug-likeness (QED) is 0.668. The predicted molar refractivity (Wildman–Crippen MR) is 96.7 cm³/mol. The summed E-state index contributed by atoms with van der Waals surface area (Å²) in [4.78, 5) is 18.5. The van der Waals surface area contributed by atoms with Gasteiger partial charge in [-0.15, -0.1) is 0 Å². The third-order valence-electron chi connectivity index (χ3n) is 3.79. The van der Waals surface area contributed by atoms with E-state index in [1.54, 1.807) is 0 Å². The number of imidazole rings is 1. The van der Waals surface area contributed by atoms with Crippen LogP contribution in [0.15, 0.2) is 36.5 Å². The zero-order chi connectivity index (χ0) is 16.9. The molecule has 1 N–H and O–H groups in total. The number of carbonyl (C=O) groups excluding carboxylic acids is 1. The van der Waals surface area contributed by atoms with Crippen LogP contribution in [0.2, 0.25) is 0 Å². The molecule has 126 valence electrons. The minimum Gasteiger partial charge on any atom is -0.382 e. The molecule has 0 saturated carbocycles. The molecule has 3 rings (SSSR count). The lowest BCUT2D eigenvalue weighted by atomic mass is 10.2. The van der Waals surface area contributed by atoms with Crippen molar-refractivity contribution in [1.82, 2.24) is 14.7 Å². The van der Waals surface area contributed by atoms with Gasteiger partial charge in [-0.3, -0.25) is 9.20 Å². The summed E-state index contributed by atoms with van der Waals surface area (Å²) in [7, 11) is 0. The summed E-state index contributed by atoms with van der Waals surface area (Å²) in [6.45, 7) is 5.92. The molecule has 0 bridgehead atoms. The minimum absolute atomic E-state index is 0.0410. The van der Waals surface area contributed by atoms with Crippen LogP contribution in [0, 0.1) is 6.92 Å². The number of benzene rings is 1. The molecule has 0 unspecified atom stereocenters. The van der Waals surface area contributed by atoms with Gasteiger partial charge >= 0.3 is 0 Å². The number of nitrogens with zero attached hydrogens (tertiary/aromatic N) is 2. The molecule has 5 nitrogen and oxygen atoms in total. The predicted octanol–water partition coefficient (Wildman–Crippen LogP) is 3.53. The van der Waals surface area contributed by atoms with E-state index in [0.717, 1.165) is 28.3 Å². The third kappa shape index (κ3) is 3.49. The third-order valence-corrected chi connectivity index (χ3v) is 4.94. The first-order valence-corrected chi connectivity index (χ1v) is 8.92. The van der Waals surface area contributed by atoms with E-state index in [1.165, 1.54) is 11.3 Å². The van der Waals surface area contributed by atoms with Crippen LogP contribution in [0.5, 0.6) is 0 Å². The topological polar surface area (TPSA) is 55.6 Å². The highest BCUT2D eigenvalue weighted by atomic mass is 32.1. The summed E-state index contributed by atoms with van der Waals surface area (Å²) < 4.78 is 7.26. The van der Waals surface area contributed by atoms with Gasteiger partial charge in [0.2, 0.25) is 0 Å². The second-order valence-electron chi connectivity index (χ2n) is 5.47. The van der Waals surface area contributed by atoms with Crippen molar-refractivity contribution in [1.29, 1.82) is 0 Å². The fourth-order valence-corrected chi connectivity index (χ4v) is 3.53. The normalized spacial score (nSPS) is 11.1. The molecule has 1 amide bonds. The van der Waals surface area contributed by atoms with E-state index in [4.69, 9.17) is 4.74 Å². The summed E-state index contributed by atoms with van der Waals surface area (Å²) in [5, 5.41) is 2.95. The zero-order valence-corrected chi connectivity index (χ0v) is 14.7. The first-order valence-electron chi connectivity index (χ1n) is 8.10. The maximum atomic E-state index is 12.3. The number of amides is 1. The Morgan fingerprint density at radius 2 is 2.12 bits per heavy atom. The van der Waals surface area contributed by atoms with Gasteiger partial charge in [-0.1, -0.05) is 41.7 Å². The highest BCUT2D eigenvalue weighted by Crippen LogP contribution is 2.26. The van der Waals surface area contributed by atoms with Crippen LogP contribution in [0.1, 0.15) is 28.7 Å². The molecule has 0 aliphatic carbocycles. The largest absolute Gasteiger partial charge is 0.382 e. The molecule has 0 radical (unpaired) electrons. The molecule has 6 heteroatoms. The Kier molecular flexibility index (Phi) is 5.27. The summed E-state index contributed by atoms with van der Waals surface area (Å²) in [6.07, 6.45) is 2.81. The standard InChI is InChI=1S/C18H21N3O2S/c1-3-23-11-7-10-19-17(22)16-13(2)21-12-15(20-18(21)24-16)14-8-5-4-6-9-14/h4-6,8-9,12H,3,7,10-11H2,1-2H3,(H,19,22). The van der Waals surface area contributed by atoms with Gasteiger partial charge in [-0.25, -0.2) is 4.98 Å². The van der Waals surface area contributed by atoms with Crippen molar-refractivity contribution in [3.63, 3.8) is 0 Å². The van der Waals surface area contributed by atoms with E-state index in [0.29, 0.717) is 24.6 Å². The van der Waals surface area contributed by atoms with Crippen LogP contribution >= 0.6 is 11.3 Å². The van der Waals surface area contributed by atoms with Crippen LogP contribution < -0.4 is 5.32 Å². The molecule has 0 fully saturated rings. The van der Waals surface area contributed by atoms with Crippen molar-refractivity contribution < 1.29 is 9.53 Å². The van der Waals surface area contributed by atoms with Crippen LogP contribution in [0.4, 0.5) is 0 Å². The maximum absolute atomic E-state index is 12.3. The zero-order valence-electron chi connectivity index (χ0n) is 13.9. The van der Waals surface area contributed by atoms with Crippen molar-refractivity contribution in [2.75, 3.05) is 19.8 Å². The SMILES string of the molecule is CCOCCCNC(=O)c1sc2nc(-c3ccccc3)cn2c1C. The van der Waals surface area contributed by atoms with Crippen molar-refractivity contribution in [3.05, 3.63) is 47.1 Å². The Bertz CT molecular complexity index is 824. The number of ether oxygens (including phenoxy) is 1. The molecule has 0 saturated heterocycles. The number of hydrogen-bond acceptors (Lipinski definition) is 4. The number of hydrogen-bond donors (Lipinski definition) is 1. The Morgan fingerprint density at radius 1 is 1.33 bits per heavy atom. The molecule has 1 aromatic carbocycles. The van der Waals surface area contributed by atoms with Crippen LogP contribution in [0.3, 0.4) is 0 Å². The van der Waals surface area contributed by atoms with Crippen LogP contribution in [-0.2, 0) is 4.74 Å². The van der Waals surface area contributed by atoms with Gasteiger partial charge < -0.3 is 10.1 Å². The summed E-state index contributed by atoms with van der Waals surface area (Å²) >= 11 is 1.42. The van der Waals surface area contributed by atoms with Crippen molar-refractivity contribution in [3.8, 4) is 11.3 Å². The number of thiazole rings is 1. The molecule has 2 heterocycles. The Hall–Kier alpha value is -2.18. The first-order chi connectivity index (χ1) is 11.7. The van der Waals surface area contributed by atoms with E-state index in [1.807, 2.05) is 54.8 Å². The fraction of sp³-hybridized carbons (Fsp3) is 0.333. The van der Waals surface area contributed by atoms with Crippen molar-refractivity contribution in [2.45, 2.75) is 20.3 Å². The summed E-state index contributed by atoms with van der Waals surface area (Å²) in [5.74, 6) is -0.0410. The van der Waals surface area contributed by atoms with E-state index in [-0.39, 0.29) is 5.91 Å². The monoisotopic (exact) mass is 343 g/mol. The number of nitrogens with one attached hydrogen (secondary N) is 1. The van der Waals surface area contributed by atoms with Crippen molar-refractivity contribution >= 4 is 22.2 Å². The second-order valence-corrected chi connectivity index (χ2v) is 6.45. The molecule has 0 aliphatic rings. The van der Waals surface area contributed by atoms with Gasteiger partial charge in [0.1, 0.15) is 4.88 Å². The van der Waals surface area contributed by atoms with E-state index in [2.05, 4.69) is 10.3 Å². The molecular weight excluding hydrogens is 322 g/mol. The van der Waals surface area contributed by atoms with Crippen LogP contribution in [0.25, 0.3) is 16.2 Å². The number of carbonyl (C=O) groups is 1. The Labute approximate surface area is 145 Å². The first kappa shape index (κ1) is 16.7. The maximum Gasteiger partial charge on any atom is 0.263 e. The molecule has 0 atom stereocenters. The van der Waals surface area contributed by atoms with Gasteiger partial charge in [0.15, 0.2) is 4.96 Å². The smallest absolute Gasteiger partial charge is 0.263 e. The van der Waals surface area contributed by atoms with Gasteiger partial charge in [-0.05, 0) is 20.3 Å². The Balaban J connectivity index is 1.73. The highest BCUT2D eigenvalue weighted by Gasteiger charge is 2.17. The minimum atomic E-state index is -0.0410. The molecule has 0 spiro atoms. The van der Waals surface area contributed by atoms with E-state index in [9.17, 15) is 4.79 Å². The number of fused-ring (bicyclic) bond motifs is 1. The second kappa shape index (κ2) is 7.59.